The largest absolute Gasteiger partial charge is 0.374 e. The molecule has 17 heavy (non-hydrogen) atoms. The van der Waals surface area contributed by atoms with Crippen molar-refractivity contribution in [2.24, 2.45) is 0 Å². The Morgan fingerprint density at radius 1 is 1.59 bits per heavy atom. The van der Waals surface area contributed by atoms with Crippen molar-refractivity contribution < 1.29 is 9.53 Å². The number of nitrogens with zero attached hydrogens (tertiary/aromatic N) is 1. The second-order valence-corrected chi connectivity index (χ2v) is 4.76. The SMILES string of the molecule is CCC(C)NC(=O)CNCC1CN(C)CCO1. The zero-order valence-electron chi connectivity index (χ0n) is 11.2. The monoisotopic (exact) mass is 243 g/mol. The van der Waals surface area contributed by atoms with Gasteiger partial charge in [0.1, 0.15) is 0 Å². The number of ether oxygens (including phenoxy) is 1. The second kappa shape index (κ2) is 7.63. The Balaban J connectivity index is 2.08. The van der Waals surface area contributed by atoms with Crippen molar-refractivity contribution in [3.63, 3.8) is 0 Å². The summed E-state index contributed by atoms with van der Waals surface area (Å²) in [5.74, 6) is 0.0588. The van der Waals surface area contributed by atoms with Crippen LogP contribution >= 0.6 is 0 Å². The number of rotatable bonds is 6. The minimum atomic E-state index is 0.0588. The lowest BCUT2D eigenvalue weighted by atomic mass is 10.2. The van der Waals surface area contributed by atoms with Gasteiger partial charge in [0, 0.05) is 25.7 Å². The minimum Gasteiger partial charge on any atom is -0.374 e. The van der Waals surface area contributed by atoms with Crippen LogP contribution in [0.3, 0.4) is 0 Å². The lowest BCUT2D eigenvalue weighted by Crippen LogP contribution is -2.47. The normalized spacial score (nSPS) is 23.4. The molecule has 1 amide bonds. The summed E-state index contributed by atoms with van der Waals surface area (Å²) in [5.41, 5.74) is 0. The molecule has 100 valence electrons. The quantitative estimate of drug-likeness (QED) is 0.679. The molecule has 1 aliphatic rings. The first-order valence-corrected chi connectivity index (χ1v) is 6.42. The van der Waals surface area contributed by atoms with Crippen LogP contribution in [0, 0.1) is 0 Å². The highest BCUT2D eigenvalue weighted by molar-refractivity contribution is 5.78. The van der Waals surface area contributed by atoms with Crippen LogP contribution in [0.5, 0.6) is 0 Å². The Kier molecular flexibility index (Phi) is 6.47. The summed E-state index contributed by atoms with van der Waals surface area (Å²) >= 11 is 0. The van der Waals surface area contributed by atoms with Crippen LogP contribution in [-0.4, -0.2) is 62.8 Å². The van der Waals surface area contributed by atoms with Gasteiger partial charge < -0.3 is 20.3 Å². The molecule has 0 saturated carbocycles. The average Bonchev–Trinajstić information content (AvgIpc) is 2.29. The van der Waals surface area contributed by atoms with Crippen LogP contribution < -0.4 is 10.6 Å². The zero-order valence-corrected chi connectivity index (χ0v) is 11.2. The lowest BCUT2D eigenvalue weighted by Gasteiger charge is -2.30. The lowest BCUT2D eigenvalue weighted by molar-refractivity contribution is -0.121. The molecule has 2 N–H and O–H groups in total. The van der Waals surface area contributed by atoms with E-state index in [0.29, 0.717) is 6.54 Å². The Bertz CT molecular complexity index is 236. The maximum absolute atomic E-state index is 11.5. The van der Waals surface area contributed by atoms with E-state index < -0.39 is 0 Å². The number of morpholine rings is 1. The van der Waals surface area contributed by atoms with E-state index >= 15 is 0 Å². The van der Waals surface area contributed by atoms with Gasteiger partial charge in [-0.1, -0.05) is 6.92 Å². The van der Waals surface area contributed by atoms with Crippen molar-refractivity contribution in [3.8, 4) is 0 Å². The fraction of sp³-hybridized carbons (Fsp3) is 0.917. The topological polar surface area (TPSA) is 53.6 Å². The van der Waals surface area contributed by atoms with Crippen LogP contribution in [0.4, 0.5) is 0 Å². The Labute approximate surface area is 104 Å². The predicted octanol–water partition coefficient (Wildman–Crippen LogP) is -0.179. The number of amides is 1. The number of hydrogen-bond acceptors (Lipinski definition) is 4. The average molecular weight is 243 g/mol. The molecule has 0 bridgehead atoms. The number of hydrogen-bond donors (Lipinski definition) is 2. The van der Waals surface area contributed by atoms with E-state index in [1.54, 1.807) is 0 Å². The van der Waals surface area contributed by atoms with Crippen LogP contribution in [-0.2, 0) is 9.53 Å². The van der Waals surface area contributed by atoms with E-state index in [4.69, 9.17) is 4.74 Å². The molecule has 1 heterocycles. The van der Waals surface area contributed by atoms with Gasteiger partial charge in [0.2, 0.25) is 5.91 Å². The zero-order chi connectivity index (χ0) is 12.7. The first-order valence-electron chi connectivity index (χ1n) is 6.42. The molecule has 2 unspecified atom stereocenters. The summed E-state index contributed by atoms with van der Waals surface area (Å²) in [6.45, 7) is 7.88. The summed E-state index contributed by atoms with van der Waals surface area (Å²) in [6, 6.07) is 0.251. The standard InChI is InChI=1S/C12H25N3O2/c1-4-10(2)14-12(16)8-13-7-11-9-15(3)5-6-17-11/h10-11,13H,4-9H2,1-3H3,(H,14,16). The van der Waals surface area contributed by atoms with Gasteiger partial charge in [-0.2, -0.15) is 0 Å². The van der Waals surface area contributed by atoms with Crippen molar-refractivity contribution in [2.45, 2.75) is 32.4 Å². The molecule has 1 fully saturated rings. The van der Waals surface area contributed by atoms with Crippen molar-refractivity contribution >= 4 is 5.91 Å². The molecule has 0 spiro atoms. The maximum atomic E-state index is 11.5. The summed E-state index contributed by atoms with van der Waals surface area (Å²) in [7, 11) is 2.09. The molecule has 0 aromatic heterocycles. The summed E-state index contributed by atoms with van der Waals surface area (Å²) in [5, 5.41) is 6.06. The molecule has 5 nitrogen and oxygen atoms in total. The molecule has 0 aromatic rings. The minimum absolute atomic E-state index is 0.0588. The van der Waals surface area contributed by atoms with Crippen LogP contribution in [0.15, 0.2) is 0 Å². The molecule has 0 aliphatic carbocycles. The van der Waals surface area contributed by atoms with Gasteiger partial charge in [0.15, 0.2) is 0 Å². The van der Waals surface area contributed by atoms with E-state index in [2.05, 4.69) is 29.5 Å². The number of carbonyl (C=O) groups is 1. The molecular weight excluding hydrogens is 218 g/mol. The fourth-order valence-corrected chi connectivity index (χ4v) is 1.76. The van der Waals surface area contributed by atoms with Crippen molar-refractivity contribution in [3.05, 3.63) is 0 Å². The first kappa shape index (κ1) is 14.4. The highest BCUT2D eigenvalue weighted by Gasteiger charge is 2.17. The van der Waals surface area contributed by atoms with Gasteiger partial charge in [-0.05, 0) is 20.4 Å². The maximum Gasteiger partial charge on any atom is 0.234 e. The van der Waals surface area contributed by atoms with Gasteiger partial charge in [0.25, 0.3) is 0 Å². The molecule has 5 heteroatoms. The third-order valence-corrected chi connectivity index (χ3v) is 3.02. The molecule has 1 rings (SSSR count). The van der Waals surface area contributed by atoms with E-state index in [9.17, 15) is 4.79 Å². The van der Waals surface area contributed by atoms with Gasteiger partial charge >= 0.3 is 0 Å². The molecule has 2 atom stereocenters. The number of nitrogens with one attached hydrogen (secondary N) is 2. The second-order valence-electron chi connectivity index (χ2n) is 4.76. The molecular formula is C12H25N3O2. The highest BCUT2D eigenvalue weighted by atomic mass is 16.5. The Morgan fingerprint density at radius 3 is 3.00 bits per heavy atom. The first-order chi connectivity index (χ1) is 8.11. The molecule has 0 radical (unpaired) electrons. The van der Waals surface area contributed by atoms with Crippen molar-refractivity contribution in [2.75, 3.05) is 39.8 Å². The Morgan fingerprint density at radius 2 is 2.35 bits per heavy atom. The summed E-state index contributed by atoms with van der Waals surface area (Å²) in [4.78, 5) is 13.7. The summed E-state index contributed by atoms with van der Waals surface area (Å²) < 4.78 is 5.60. The third-order valence-electron chi connectivity index (χ3n) is 3.02. The van der Waals surface area contributed by atoms with Gasteiger partial charge in [-0.3, -0.25) is 4.79 Å². The summed E-state index contributed by atoms with van der Waals surface area (Å²) in [6.07, 6.45) is 1.16. The third kappa shape index (κ3) is 6.00. The van der Waals surface area contributed by atoms with Gasteiger partial charge in [0.05, 0.1) is 19.3 Å². The number of likely N-dealkylation sites (N-methyl/N-ethyl adjacent to an activating group) is 1. The predicted molar refractivity (Wildman–Crippen MR) is 68.0 cm³/mol. The van der Waals surface area contributed by atoms with Crippen molar-refractivity contribution in [1.82, 2.24) is 15.5 Å². The van der Waals surface area contributed by atoms with Gasteiger partial charge in [-0.25, -0.2) is 0 Å². The van der Waals surface area contributed by atoms with Crippen LogP contribution in [0.2, 0.25) is 0 Å². The molecule has 1 saturated heterocycles. The molecule has 1 aliphatic heterocycles. The van der Waals surface area contributed by atoms with E-state index in [0.717, 1.165) is 32.7 Å². The number of carbonyl (C=O) groups excluding carboxylic acids is 1. The van der Waals surface area contributed by atoms with E-state index in [1.165, 1.54) is 0 Å². The van der Waals surface area contributed by atoms with Crippen LogP contribution in [0.1, 0.15) is 20.3 Å². The molecule has 0 aromatic carbocycles. The smallest absolute Gasteiger partial charge is 0.234 e. The van der Waals surface area contributed by atoms with Crippen molar-refractivity contribution in [1.29, 1.82) is 0 Å². The van der Waals surface area contributed by atoms with Gasteiger partial charge in [-0.15, -0.1) is 0 Å². The fourth-order valence-electron chi connectivity index (χ4n) is 1.76. The van der Waals surface area contributed by atoms with Crippen LogP contribution in [0.25, 0.3) is 0 Å². The van der Waals surface area contributed by atoms with E-state index in [-0.39, 0.29) is 18.1 Å². The Hall–Kier alpha value is -0.650. The van der Waals surface area contributed by atoms with E-state index in [1.807, 2.05) is 6.92 Å². The highest BCUT2D eigenvalue weighted by Crippen LogP contribution is 2.01.